The zero-order valence-electron chi connectivity index (χ0n) is 23.2. The number of carbonyl (C=O) groups excluding carboxylic acids is 3. The van der Waals surface area contributed by atoms with Gasteiger partial charge in [-0.25, -0.2) is 0 Å². The van der Waals surface area contributed by atoms with Crippen LogP contribution in [0, 0.1) is 46.8 Å². The number of aromatic hydroxyl groups is 1. The molecule has 0 aromatic heterocycles. The van der Waals surface area contributed by atoms with Crippen molar-refractivity contribution in [2.75, 3.05) is 0 Å². The summed E-state index contributed by atoms with van der Waals surface area (Å²) in [5.74, 6) is -1.72. The zero-order chi connectivity index (χ0) is 27.1. The first kappa shape index (κ1) is 27.3. The molecule has 0 bridgehead atoms. The second-order valence-electron chi connectivity index (χ2n) is 12.4. The minimum absolute atomic E-state index is 0.0502. The molecule has 4 rings (SSSR count). The van der Waals surface area contributed by atoms with Crippen LogP contribution in [0.1, 0.15) is 72.8 Å². The van der Waals surface area contributed by atoms with Crippen molar-refractivity contribution in [1.29, 1.82) is 0 Å². The Morgan fingerprint density at radius 2 is 1.84 bits per heavy atom. The first-order valence-electron chi connectivity index (χ1n) is 14.0. The lowest BCUT2D eigenvalue weighted by Crippen LogP contribution is -2.50. The summed E-state index contributed by atoms with van der Waals surface area (Å²) in [4.78, 5) is 40.7. The topological polar surface area (TPSA) is 83.5 Å². The maximum atomic E-state index is 14.6. The standard InChI is InChI=1S/C32H43NO4/c1-7-18(2)14-20(4)26-21(5)17-32(6)16-19(3)8-13-25(32)28(26)29(35)27-24(30(36)33-31(27)37)15-22-9-11-23(34)12-10-22/h9-12,14,17-19,24-28,34H,7-8,13,15-16H2,1-6H3,(H,33,36,37)/b20-14+/t18?,19-,24+,25+,26+,27+,28+,32+/m1/s1. The Balaban J connectivity index is 1.76. The number of imide groups is 1. The van der Waals surface area contributed by atoms with Gasteiger partial charge < -0.3 is 5.11 Å². The van der Waals surface area contributed by atoms with E-state index in [-0.39, 0.29) is 40.6 Å². The molecule has 1 aliphatic heterocycles. The van der Waals surface area contributed by atoms with Gasteiger partial charge in [0.25, 0.3) is 0 Å². The number of amides is 2. The van der Waals surface area contributed by atoms with Crippen molar-refractivity contribution in [3.63, 3.8) is 0 Å². The molecule has 1 unspecified atom stereocenters. The van der Waals surface area contributed by atoms with Crippen molar-refractivity contribution in [1.82, 2.24) is 5.32 Å². The number of phenols is 1. The quantitative estimate of drug-likeness (QED) is 0.270. The van der Waals surface area contributed by atoms with Gasteiger partial charge in [0.15, 0.2) is 0 Å². The third-order valence-corrected chi connectivity index (χ3v) is 9.42. The minimum atomic E-state index is -0.986. The van der Waals surface area contributed by atoms with E-state index in [1.807, 2.05) is 0 Å². The van der Waals surface area contributed by atoms with Gasteiger partial charge in [-0.05, 0) is 74.0 Å². The fourth-order valence-corrected chi connectivity index (χ4v) is 7.61. The van der Waals surface area contributed by atoms with Gasteiger partial charge in [0.1, 0.15) is 17.5 Å². The van der Waals surface area contributed by atoms with E-state index in [9.17, 15) is 19.5 Å². The van der Waals surface area contributed by atoms with E-state index < -0.39 is 17.7 Å². The van der Waals surface area contributed by atoms with E-state index in [0.29, 0.717) is 18.3 Å². The lowest BCUT2D eigenvalue weighted by atomic mass is 9.51. The summed E-state index contributed by atoms with van der Waals surface area (Å²) < 4.78 is 0. The normalized spacial score (nSPS) is 35.0. The van der Waals surface area contributed by atoms with E-state index in [1.54, 1.807) is 24.3 Å². The molecule has 8 atom stereocenters. The average molecular weight is 506 g/mol. The Kier molecular flexibility index (Phi) is 7.83. The first-order valence-corrected chi connectivity index (χ1v) is 14.0. The van der Waals surface area contributed by atoms with Gasteiger partial charge in [-0.15, -0.1) is 0 Å². The second-order valence-corrected chi connectivity index (χ2v) is 12.4. The summed E-state index contributed by atoms with van der Waals surface area (Å²) in [6.45, 7) is 13.2. The maximum absolute atomic E-state index is 14.6. The predicted molar refractivity (Wildman–Crippen MR) is 146 cm³/mol. The number of hydrogen-bond donors (Lipinski definition) is 2. The van der Waals surface area contributed by atoms with Gasteiger partial charge >= 0.3 is 0 Å². The Morgan fingerprint density at radius 1 is 1.16 bits per heavy atom. The molecule has 3 aliphatic rings. The molecule has 1 aromatic rings. The minimum Gasteiger partial charge on any atom is -0.508 e. The monoisotopic (exact) mass is 505 g/mol. The molecule has 5 heteroatoms. The molecule has 2 N–H and O–H groups in total. The molecule has 5 nitrogen and oxygen atoms in total. The molecule has 2 amide bonds. The summed E-state index contributed by atoms with van der Waals surface area (Å²) in [6.07, 6.45) is 9.10. The first-order chi connectivity index (χ1) is 17.4. The molecule has 1 heterocycles. The molecule has 200 valence electrons. The van der Waals surface area contributed by atoms with Crippen molar-refractivity contribution in [2.24, 2.45) is 46.8 Å². The van der Waals surface area contributed by atoms with Gasteiger partial charge in [-0.2, -0.15) is 0 Å². The maximum Gasteiger partial charge on any atom is 0.237 e. The van der Waals surface area contributed by atoms with Gasteiger partial charge in [0, 0.05) is 11.8 Å². The van der Waals surface area contributed by atoms with Gasteiger partial charge in [0.05, 0.1) is 5.92 Å². The second kappa shape index (κ2) is 10.6. The summed E-state index contributed by atoms with van der Waals surface area (Å²) in [5, 5.41) is 12.1. The number of carbonyl (C=O) groups is 3. The summed E-state index contributed by atoms with van der Waals surface area (Å²) in [5.41, 5.74) is 3.14. The van der Waals surface area contributed by atoms with Crippen molar-refractivity contribution in [3.05, 3.63) is 53.1 Å². The largest absolute Gasteiger partial charge is 0.508 e. The third-order valence-electron chi connectivity index (χ3n) is 9.42. The molecule has 1 aromatic carbocycles. The highest BCUT2D eigenvalue weighted by atomic mass is 16.3. The third kappa shape index (κ3) is 5.32. The van der Waals surface area contributed by atoms with E-state index in [1.165, 1.54) is 11.1 Å². The number of benzene rings is 1. The average Bonchev–Trinajstić information content (AvgIpc) is 3.10. The number of fused-ring (bicyclic) bond motifs is 1. The van der Waals surface area contributed by atoms with Crippen LogP contribution in [0.25, 0.3) is 0 Å². The number of ketones is 1. The van der Waals surface area contributed by atoms with E-state index >= 15 is 0 Å². The van der Waals surface area contributed by atoms with Crippen LogP contribution in [-0.2, 0) is 20.8 Å². The molecular weight excluding hydrogens is 462 g/mol. The van der Waals surface area contributed by atoms with E-state index in [4.69, 9.17) is 0 Å². The summed E-state index contributed by atoms with van der Waals surface area (Å²) >= 11 is 0. The fourth-order valence-electron chi connectivity index (χ4n) is 7.61. The number of hydrogen-bond acceptors (Lipinski definition) is 4. The van der Waals surface area contributed by atoms with Gasteiger partial charge in [0.2, 0.25) is 11.8 Å². The Morgan fingerprint density at radius 3 is 2.49 bits per heavy atom. The van der Waals surface area contributed by atoms with Crippen LogP contribution in [0.4, 0.5) is 0 Å². The van der Waals surface area contributed by atoms with Crippen LogP contribution < -0.4 is 5.32 Å². The fraction of sp³-hybridized carbons (Fsp3) is 0.594. The predicted octanol–water partition coefficient (Wildman–Crippen LogP) is 6.02. The number of allylic oxidation sites excluding steroid dienone is 4. The lowest BCUT2D eigenvalue weighted by molar-refractivity contribution is -0.140. The summed E-state index contributed by atoms with van der Waals surface area (Å²) in [6, 6.07) is 6.65. The van der Waals surface area contributed by atoms with Crippen LogP contribution in [0.5, 0.6) is 5.75 Å². The molecular formula is C32H43NO4. The number of Topliss-reactive ketones (excluding diaryl/α,β-unsaturated/α-hetero) is 1. The van der Waals surface area contributed by atoms with Crippen LogP contribution in [0.3, 0.4) is 0 Å². The summed E-state index contributed by atoms with van der Waals surface area (Å²) in [7, 11) is 0. The molecule has 37 heavy (non-hydrogen) atoms. The van der Waals surface area contributed by atoms with E-state index in [2.05, 4.69) is 59.0 Å². The molecule has 2 aliphatic carbocycles. The molecule has 2 fully saturated rings. The van der Waals surface area contributed by atoms with Crippen molar-refractivity contribution < 1.29 is 19.5 Å². The molecule has 1 saturated carbocycles. The SMILES string of the molecule is CCC(C)/C=C(\C)[C@H]1C(C)=C[C@]2(C)C[C@H](C)CC[C@H]2[C@@H]1C(=O)[C@H]1C(=O)NC(=O)[C@H]1Cc1ccc(O)cc1. The number of rotatable bonds is 7. The highest BCUT2D eigenvalue weighted by Gasteiger charge is 2.55. The van der Waals surface area contributed by atoms with Crippen molar-refractivity contribution >= 4 is 17.6 Å². The number of phenolic OH excluding ortho intramolecular Hbond substituents is 1. The van der Waals surface area contributed by atoms with Crippen LogP contribution in [0.2, 0.25) is 0 Å². The van der Waals surface area contributed by atoms with Crippen molar-refractivity contribution in [3.8, 4) is 5.75 Å². The van der Waals surface area contributed by atoms with Crippen LogP contribution >= 0.6 is 0 Å². The molecule has 0 radical (unpaired) electrons. The van der Waals surface area contributed by atoms with Crippen LogP contribution in [0.15, 0.2) is 47.6 Å². The highest BCUT2D eigenvalue weighted by Crippen LogP contribution is 2.56. The lowest BCUT2D eigenvalue weighted by Gasteiger charge is -2.52. The Bertz CT molecular complexity index is 1120. The van der Waals surface area contributed by atoms with Gasteiger partial charge in [-0.1, -0.05) is 76.0 Å². The molecule has 0 spiro atoms. The Hall–Kier alpha value is -2.69. The number of nitrogens with one attached hydrogen (secondary N) is 1. The smallest absolute Gasteiger partial charge is 0.237 e. The zero-order valence-corrected chi connectivity index (χ0v) is 23.2. The van der Waals surface area contributed by atoms with Crippen molar-refractivity contribution in [2.45, 2.75) is 73.6 Å². The molecule has 1 saturated heterocycles. The van der Waals surface area contributed by atoms with E-state index in [0.717, 1.165) is 31.2 Å². The van der Waals surface area contributed by atoms with Crippen LogP contribution in [-0.4, -0.2) is 22.7 Å². The van der Waals surface area contributed by atoms with Gasteiger partial charge in [-0.3, -0.25) is 19.7 Å². The highest BCUT2D eigenvalue weighted by molar-refractivity contribution is 6.16. The Labute approximate surface area is 221 Å².